The Morgan fingerprint density at radius 3 is 2.41 bits per heavy atom. The van der Waals surface area contributed by atoms with E-state index >= 15 is 0 Å². The van der Waals surface area contributed by atoms with E-state index in [0.717, 1.165) is 12.0 Å². The van der Waals surface area contributed by atoms with Crippen LogP contribution in [-0.4, -0.2) is 19.0 Å². The van der Waals surface area contributed by atoms with Crippen LogP contribution in [0, 0.1) is 6.92 Å². The van der Waals surface area contributed by atoms with Crippen molar-refractivity contribution in [2.45, 2.75) is 32.6 Å². The standard InChI is InChI=1S/C14H22N2O/c1-11-5-7-12(8-6-11)14(2,3)13(17)16-10-4-9-15/h5-8H,4,9-10,15H2,1-3H3,(H,16,17). The third kappa shape index (κ3) is 3.56. The highest BCUT2D eigenvalue weighted by Crippen LogP contribution is 2.23. The summed E-state index contributed by atoms with van der Waals surface area (Å²) >= 11 is 0. The minimum atomic E-state index is -0.498. The molecule has 94 valence electrons. The first-order chi connectivity index (χ1) is 7.98. The molecule has 3 nitrogen and oxygen atoms in total. The van der Waals surface area contributed by atoms with Crippen molar-refractivity contribution in [3.05, 3.63) is 35.4 Å². The lowest BCUT2D eigenvalue weighted by molar-refractivity contribution is -0.125. The zero-order valence-corrected chi connectivity index (χ0v) is 10.9. The van der Waals surface area contributed by atoms with Crippen LogP contribution < -0.4 is 11.1 Å². The van der Waals surface area contributed by atoms with Gasteiger partial charge in [0.05, 0.1) is 5.41 Å². The second kappa shape index (κ2) is 5.82. The summed E-state index contributed by atoms with van der Waals surface area (Å²) in [6.07, 6.45) is 0.815. The highest BCUT2D eigenvalue weighted by molar-refractivity contribution is 5.87. The Labute approximate surface area is 103 Å². The highest BCUT2D eigenvalue weighted by Gasteiger charge is 2.29. The van der Waals surface area contributed by atoms with E-state index in [1.54, 1.807) is 0 Å². The SMILES string of the molecule is Cc1ccc(C(C)(C)C(=O)NCCCN)cc1. The average molecular weight is 234 g/mol. The van der Waals surface area contributed by atoms with Gasteiger partial charge in [-0.2, -0.15) is 0 Å². The summed E-state index contributed by atoms with van der Waals surface area (Å²) < 4.78 is 0. The van der Waals surface area contributed by atoms with Crippen molar-refractivity contribution in [2.75, 3.05) is 13.1 Å². The number of carbonyl (C=O) groups excluding carboxylic acids is 1. The van der Waals surface area contributed by atoms with E-state index in [4.69, 9.17) is 5.73 Å². The third-order valence-electron chi connectivity index (χ3n) is 3.01. The summed E-state index contributed by atoms with van der Waals surface area (Å²) in [4.78, 5) is 12.1. The minimum Gasteiger partial charge on any atom is -0.355 e. The third-order valence-corrected chi connectivity index (χ3v) is 3.01. The van der Waals surface area contributed by atoms with Gasteiger partial charge >= 0.3 is 0 Å². The van der Waals surface area contributed by atoms with Crippen LogP contribution in [0.3, 0.4) is 0 Å². The minimum absolute atomic E-state index is 0.0507. The maximum absolute atomic E-state index is 12.1. The number of hydrogen-bond donors (Lipinski definition) is 2. The van der Waals surface area contributed by atoms with Gasteiger partial charge in [-0.15, -0.1) is 0 Å². The number of aryl methyl sites for hydroxylation is 1. The van der Waals surface area contributed by atoms with Crippen molar-refractivity contribution in [2.24, 2.45) is 5.73 Å². The lowest BCUT2D eigenvalue weighted by atomic mass is 9.83. The normalized spacial score (nSPS) is 11.3. The molecule has 0 bridgehead atoms. The van der Waals surface area contributed by atoms with Gasteiger partial charge in [0.2, 0.25) is 5.91 Å². The van der Waals surface area contributed by atoms with Gasteiger partial charge < -0.3 is 11.1 Å². The van der Waals surface area contributed by atoms with Crippen LogP contribution >= 0.6 is 0 Å². The molecule has 0 spiro atoms. The molecule has 1 amide bonds. The van der Waals surface area contributed by atoms with Crippen molar-refractivity contribution in [1.29, 1.82) is 0 Å². The fourth-order valence-corrected chi connectivity index (χ4v) is 1.63. The molecule has 0 aliphatic carbocycles. The summed E-state index contributed by atoms with van der Waals surface area (Å²) in [5.41, 5.74) is 7.14. The molecular weight excluding hydrogens is 212 g/mol. The molecule has 17 heavy (non-hydrogen) atoms. The average Bonchev–Trinajstić information content (AvgIpc) is 2.29. The van der Waals surface area contributed by atoms with Gasteiger partial charge in [0.1, 0.15) is 0 Å². The smallest absolute Gasteiger partial charge is 0.230 e. The largest absolute Gasteiger partial charge is 0.355 e. The van der Waals surface area contributed by atoms with Crippen LogP contribution in [0.1, 0.15) is 31.4 Å². The maximum Gasteiger partial charge on any atom is 0.230 e. The molecule has 1 aromatic rings. The molecule has 1 aromatic carbocycles. The van der Waals surface area contributed by atoms with Crippen LogP contribution in [0.2, 0.25) is 0 Å². The molecule has 0 atom stereocenters. The Bertz CT molecular complexity index is 368. The van der Waals surface area contributed by atoms with Gasteiger partial charge in [-0.1, -0.05) is 29.8 Å². The molecule has 0 unspecified atom stereocenters. The van der Waals surface area contributed by atoms with Crippen molar-refractivity contribution in [1.82, 2.24) is 5.32 Å². The number of nitrogens with two attached hydrogens (primary N) is 1. The molecule has 0 fully saturated rings. The topological polar surface area (TPSA) is 55.1 Å². The van der Waals surface area contributed by atoms with Crippen molar-refractivity contribution in [3.8, 4) is 0 Å². The Morgan fingerprint density at radius 1 is 1.29 bits per heavy atom. The predicted molar refractivity (Wildman–Crippen MR) is 70.9 cm³/mol. The lowest BCUT2D eigenvalue weighted by Crippen LogP contribution is -2.40. The molecule has 3 heteroatoms. The molecule has 0 aromatic heterocycles. The van der Waals surface area contributed by atoms with E-state index in [1.165, 1.54) is 5.56 Å². The molecule has 0 radical (unpaired) electrons. The monoisotopic (exact) mass is 234 g/mol. The second-order valence-corrected chi connectivity index (χ2v) is 4.89. The van der Waals surface area contributed by atoms with Crippen LogP contribution in [-0.2, 0) is 10.2 Å². The van der Waals surface area contributed by atoms with Crippen LogP contribution in [0.5, 0.6) is 0 Å². The summed E-state index contributed by atoms with van der Waals surface area (Å²) in [5, 5.41) is 2.92. The molecule has 0 heterocycles. The fourth-order valence-electron chi connectivity index (χ4n) is 1.63. The Morgan fingerprint density at radius 2 is 1.88 bits per heavy atom. The molecule has 0 aliphatic rings. The lowest BCUT2D eigenvalue weighted by Gasteiger charge is -2.24. The number of benzene rings is 1. The Kier molecular flexibility index (Phi) is 4.70. The molecule has 0 saturated carbocycles. The van der Waals surface area contributed by atoms with E-state index in [9.17, 15) is 4.79 Å². The van der Waals surface area contributed by atoms with Crippen LogP contribution in [0.25, 0.3) is 0 Å². The molecule has 3 N–H and O–H groups in total. The van der Waals surface area contributed by atoms with Crippen molar-refractivity contribution >= 4 is 5.91 Å². The van der Waals surface area contributed by atoms with Crippen molar-refractivity contribution < 1.29 is 4.79 Å². The second-order valence-electron chi connectivity index (χ2n) is 4.89. The quantitative estimate of drug-likeness (QED) is 0.762. The number of hydrogen-bond acceptors (Lipinski definition) is 2. The summed E-state index contributed by atoms with van der Waals surface area (Å²) in [6, 6.07) is 8.09. The van der Waals surface area contributed by atoms with Gasteiger partial charge in [-0.25, -0.2) is 0 Å². The van der Waals surface area contributed by atoms with Gasteiger partial charge in [0.25, 0.3) is 0 Å². The van der Waals surface area contributed by atoms with E-state index < -0.39 is 5.41 Å². The first-order valence-electron chi connectivity index (χ1n) is 6.04. The first kappa shape index (κ1) is 13.7. The van der Waals surface area contributed by atoms with Gasteiger partial charge in [-0.3, -0.25) is 4.79 Å². The highest BCUT2D eigenvalue weighted by atomic mass is 16.2. The summed E-state index contributed by atoms with van der Waals surface area (Å²) in [6.45, 7) is 7.17. The molecule has 0 saturated heterocycles. The first-order valence-corrected chi connectivity index (χ1v) is 6.04. The number of carbonyl (C=O) groups is 1. The molecular formula is C14H22N2O. The molecule has 0 aliphatic heterocycles. The predicted octanol–water partition coefficient (Wildman–Crippen LogP) is 1.74. The number of nitrogens with one attached hydrogen (secondary N) is 1. The Balaban J connectivity index is 2.72. The Hall–Kier alpha value is -1.35. The van der Waals surface area contributed by atoms with E-state index in [0.29, 0.717) is 13.1 Å². The zero-order chi connectivity index (χ0) is 12.9. The van der Waals surface area contributed by atoms with Gasteiger partial charge in [0.15, 0.2) is 0 Å². The summed E-state index contributed by atoms with van der Waals surface area (Å²) in [7, 11) is 0. The van der Waals surface area contributed by atoms with Gasteiger partial charge in [0, 0.05) is 6.54 Å². The maximum atomic E-state index is 12.1. The zero-order valence-electron chi connectivity index (χ0n) is 10.9. The van der Waals surface area contributed by atoms with Crippen LogP contribution in [0.4, 0.5) is 0 Å². The summed E-state index contributed by atoms with van der Waals surface area (Å²) in [5.74, 6) is 0.0507. The van der Waals surface area contributed by atoms with E-state index in [-0.39, 0.29) is 5.91 Å². The van der Waals surface area contributed by atoms with Crippen LogP contribution in [0.15, 0.2) is 24.3 Å². The van der Waals surface area contributed by atoms with E-state index in [2.05, 4.69) is 5.32 Å². The number of rotatable bonds is 5. The van der Waals surface area contributed by atoms with Gasteiger partial charge in [-0.05, 0) is 39.3 Å². The fraction of sp³-hybridized carbons (Fsp3) is 0.500. The molecule has 1 rings (SSSR count). The number of amides is 1. The van der Waals surface area contributed by atoms with Crippen molar-refractivity contribution in [3.63, 3.8) is 0 Å². The van der Waals surface area contributed by atoms with E-state index in [1.807, 2.05) is 45.0 Å².